The number of carbonyl (C=O) groups is 3. The van der Waals surface area contributed by atoms with Gasteiger partial charge in [-0.2, -0.15) is 0 Å². The predicted octanol–water partition coefficient (Wildman–Crippen LogP) is 3.50. The van der Waals surface area contributed by atoms with Crippen LogP contribution in [0.25, 0.3) is 0 Å². The molecule has 0 aliphatic carbocycles. The van der Waals surface area contributed by atoms with Gasteiger partial charge in [0.2, 0.25) is 0 Å². The first-order valence-corrected chi connectivity index (χ1v) is 10.4. The van der Waals surface area contributed by atoms with Crippen LogP contribution in [0.4, 0.5) is 5.69 Å². The Kier molecular flexibility index (Phi) is 8.23. The quantitative estimate of drug-likeness (QED) is 0.303. The summed E-state index contributed by atoms with van der Waals surface area (Å²) in [5, 5.41) is 16.5. The molecule has 0 aliphatic rings. The van der Waals surface area contributed by atoms with E-state index in [-0.39, 0.29) is 39.9 Å². The van der Waals surface area contributed by atoms with Gasteiger partial charge in [0.15, 0.2) is 18.3 Å². The van der Waals surface area contributed by atoms with Crippen molar-refractivity contribution in [3.8, 4) is 11.5 Å². The van der Waals surface area contributed by atoms with E-state index < -0.39 is 5.91 Å². The lowest BCUT2D eigenvalue weighted by Crippen LogP contribution is -2.34. The molecule has 2 aromatic carbocycles. The van der Waals surface area contributed by atoms with Crippen molar-refractivity contribution >= 4 is 24.2 Å². The number of ether oxygens (including phenoxy) is 1. The molecule has 33 heavy (non-hydrogen) atoms. The molecule has 0 bridgehead atoms. The highest BCUT2D eigenvalue weighted by Gasteiger charge is 2.28. The number of para-hydroxylation sites is 1. The van der Waals surface area contributed by atoms with Gasteiger partial charge < -0.3 is 25.4 Å². The van der Waals surface area contributed by atoms with Gasteiger partial charge in [-0.1, -0.05) is 39.0 Å². The summed E-state index contributed by atoms with van der Waals surface area (Å²) in [6, 6.07) is 11.7. The van der Waals surface area contributed by atoms with Crippen molar-refractivity contribution in [2.45, 2.75) is 26.8 Å². The fourth-order valence-corrected chi connectivity index (χ4v) is 3.29. The highest BCUT2D eigenvalue weighted by molar-refractivity contribution is 5.99. The molecule has 3 N–H and O–H groups in total. The van der Waals surface area contributed by atoms with Crippen LogP contribution in [0.2, 0.25) is 0 Å². The Balaban J connectivity index is 2.45. The van der Waals surface area contributed by atoms with Gasteiger partial charge in [0.1, 0.15) is 17.1 Å². The first-order chi connectivity index (χ1) is 15.5. The summed E-state index contributed by atoms with van der Waals surface area (Å²) in [6.07, 6.45) is 1.04. The minimum Gasteiger partial charge on any atom is -0.505 e. The van der Waals surface area contributed by atoms with Crippen LogP contribution in [0.3, 0.4) is 0 Å². The van der Waals surface area contributed by atoms with Gasteiger partial charge in [-0.05, 0) is 35.2 Å². The largest absolute Gasteiger partial charge is 0.505 e. The number of hydrogen-bond donors (Lipinski definition) is 3. The van der Waals surface area contributed by atoms with E-state index in [0.29, 0.717) is 18.3 Å². The monoisotopic (exact) mass is 453 g/mol. The highest BCUT2D eigenvalue weighted by Crippen LogP contribution is 2.35. The molecule has 0 aromatic heterocycles. The van der Waals surface area contributed by atoms with E-state index >= 15 is 0 Å². The fraction of sp³-hybridized carbons (Fsp3) is 0.320. The Morgan fingerprint density at radius 2 is 1.64 bits per heavy atom. The number of hydrogen-bond acceptors (Lipinski definition) is 7. The second-order valence-electron chi connectivity index (χ2n) is 8.81. The molecule has 1 atom stereocenters. The van der Waals surface area contributed by atoms with Gasteiger partial charge >= 0.3 is 0 Å². The number of phenolic OH excluding ortho intramolecular Hbond substituents is 1. The van der Waals surface area contributed by atoms with E-state index in [1.807, 2.05) is 45.0 Å². The molecule has 0 fully saturated rings. The maximum Gasteiger partial charge on any atom is 0.257 e. The summed E-state index contributed by atoms with van der Waals surface area (Å²) >= 11 is 0. The number of aldehydes is 2. The van der Waals surface area contributed by atoms with Crippen molar-refractivity contribution < 1.29 is 24.2 Å². The van der Waals surface area contributed by atoms with Gasteiger partial charge in [0, 0.05) is 14.1 Å². The van der Waals surface area contributed by atoms with Crippen molar-refractivity contribution in [3.63, 3.8) is 0 Å². The number of allylic oxidation sites excluding steroid dienone is 2. The number of anilines is 1. The van der Waals surface area contributed by atoms with Crippen LogP contribution < -0.4 is 15.4 Å². The van der Waals surface area contributed by atoms with Crippen LogP contribution in [0.15, 0.2) is 53.9 Å². The molecule has 1 unspecified atom stereocenters. The lowest BCUT2D eigenvalue weighted by molar-refractivity contribution is -0.107. The molecule has 0 saturated carbocycles. The summed E-state index contributed by atoms with van der Waals surface area (Å²) < 4.78 is 5.22. The van der Waals surface area contributed by atoms with Gasteiger partial charge in [0.05, 0.1) is 24.4 Å². The zero-order valence-corrected chi connectivity index (χ0v) is 19.8. The number of phenols is 1. The maximum absolute atomic E-state index is 12.3. The standard InChI is InChI=1S/C25H31N3O5/c1-25(2,3)23(16-10-12-17(33-6)13-11-16)27-21(15-30)20(14-29)26-19-9-7-8-18(22(19)31)24(32)28(4)5/h7-15,23,26-27,31H,1-6H3/b21-20-. The third-order valence-electron chi connectivity index (χ3n) is 5.08. The van der Waals surface area contributed by atoms with E-state index in [9.17, 15) is 19.5 Å². The molecule has 8 heteroatoms. The highest BCUT2D eigenvalue weighted by atomic mass is 16.5. The Labute approximate surface area is 194 Å². The summed E-state index contributed by atoms with van der Waals surface area (Å²) in [4.78, 5) is 37.5. The third-order valence-corrected chi connectivity index (χ3v) is 5.08. The lowest BCUT2D eigenvalue weighted by Gasteiger charge is -2.33. The second kappa shape index (κ2) is 10.7. The minimum absolute atomic E-state index is 0.0180. The Hall–Kier alpha value is -3.81. The first kappa shape index (κ1) is 25.5. The number of amides is 1. The van der Waals surface area contributed by atoms with E-state index in [1.54, 1.807) is 27.3 Å². The first-order valence-electron chi connectivity index (χ1n) is 10.4. The average molecular weight is 454 g/mol. The van der Waals surface area contributed by atoms with Crippen molar-refractivity contribution in [3.05, 3.63) is 65.0 Å². The zero-order valence-electron chi connectivity index (χ0n) is 19.8. The number of aromatic hydroxyl groups is 1. The van der Waals surface area contributed by atoms with Crippen LogP contribution in [0.5, 0.6) is 11.5 Å². The number of methoxy groups -OCH3 is 1. The van der Waals surface area contributed by atoms with Gasteiger partial charge in [-0.15, -0.1) is 0 Å². The van der Waals surface area contributed by atoms with Crippen molar-refractivity contribution in [1.29, 1.82) is 0 Å². The van der Waals surface area contributed by atoms with E-state index in [2.05, 4.69) is 10.6 Å². The molecule has 8 nitrogen and oxygen atoms in total. The molecule has 2 aromatic rings. The van der Waals surface area contributed by atoms with Gasteiger partial charge in [-0.25, -0.2) is 0 Å². The summed E-state index contributed by atoms with van der Waals surface area (Å²) in [6.45, 7) is 6.02. The second-order valence-corrected chi connectivity index (χ2v) is 8.81. The van der Waals surface area contributed by atoms with Crippen molar-refractivity contribution in [1.82, 2.24) is 10.2 Å². The molecular formula is C25H31N3O5. The molecule has 0 saturated heterocycles. The van der Waals surface area contributed by atoms with E-state index in [1.165, 1.54) is 17.0 Å². The number of nitrogens with zero attached hydrogens (tertiary/aromatic N) is 1. The number of carbonyl (C=O) groups excluding carboxylic acids is 3. The van der Waals surface area contributed by atoms with Gasteiger partial charge in [-0.3, -0.25) is 14.4 Å². The van der Waals surface area contributed by atoms with Crippen LogP contribution in [-0.4, -0.2) is 49.7 Å². The normalized spacial score (nSPS) is 12.8. The topological polar surface area (TPSA) is 108 Å². The molecule has 2 rings (SSSR count). The Bertz CT molecular complexity index is 1040. The molecule has 0 radical (unpaired) electrons. The average Bonchev–Trinajstić information content (AvgIpc) is 2.78. The lowest BCUT2D eigenvalue weighted by atomic mass is 9.82. The predicted molar refractivity (Wildman–Crippen MR) is 127 cm³/mol. The van der Waals surface area contributed by atoms with Crippen molar-refractivity contribution in [2.24, 2.45) is 5.41 Å². The molecule has 0 spiro atoms. The zero-order chi connectivity index (χ0) is 24.8. The van der Waals surface area contributed by atoms with E-state index in [4.69, 9.17) is 4.74 Å². The summed E-state index contributed by atoms with van der Waals surface area (Å²) in [5.74, 6) is -0.00687. The number of rotatable bonds is 9. The van der Waals surface area contributed by atoms with Crippen LogP contribution in [-0.2, 0) is 9.59 Å². The third kappa shape index (κ3) is 6.12. The van der Waals surface area contributed by atoms with Crippen LogP contribution in [0.1, 0.15) is 42.7 Å². The van der Waals surface area contributed by atoms with Crippen LogP contribution in [0, 0.1) is 5.41 Å². The van der Waals surface area contributed by atoms with Gasteiger partial charge in [0.25, 0.3) is 5.91 Å². The molecular weight excluding hydrogens is 422 g/mol. The molecule has 0 heterocycles. The maximum atomic E-state index is 12.3. The van der Waals surface area contributed by atoms with Crippen LogP contribution >= 0.6 is 0 Å². The smallest absolute Gasteiger partial charge is 0.257 e. The fourth-order valence-electron chi connectivity index (χ4n) is 3.29. The van der Waals surface area contributed by atoms with E-state index in [0.717, 1.165) is 5.56 Å². The number of benzene rings is 2. The minimum atomic E-state index is -0.395. The Morgan fingerprint density at radius 3 is 2.12 bits per heavy atom. The summed E-state index contributed by atoms with van der Waals surface area (Å²) in [7, 11) is 4.72. The SMILES string of the molecule is COc1ccc(C(N/C(C=O)=C(/C=O)Nc2cccc(C(=O)N(C)C)c2O)C(C)(C)C)cc1. The van der Waals surface area contributed by atoms with Crippen molar-refractivity contribution in [2.75, 3.05) is 26.5 Å². The number of nitrogens with one attached hydrogen (secondary N) is 2. The Morgan fingerprint density at radius 1 is 1.03 bits per heavy atom. The molecule has 0 aliphatic heterocycles. The summed E-state index contributed by atoms with van der Waals surface area (Å²) in [5.41, 5.74) is 0.720. The molecule has 176 valence electrons. The molecule has 1 amide bonds.